The molecule has 12 amide bonds. The van der Waals surface area contributed by atoms with E-state index in [1.54, 1.807) is 44.2 Å². The first-order chi connectivity index (χ1) is 48.3. The summed E-state index contributed by atoms with van der Waals surface area (Å²) < 4.78 is 0. The molecular weight excluding hydrogens is 1340 g/mol. The number of hydrogen-bond acceptors (Lipinski definition) is 20. The lowest BCUT2D eigenvalue weighted by Crippen LogP contribution is -2.60. The van der Waals surface area contributed by atoms with Gasteiger partial charge in [0.05, 0.1) is 31.8 Å². The molecule has 0 aliphatic heterocycles. The van der Waals surface area contributed by atoms with Crippen molar-refractivity contribution in [2.45, 2.75) is 171 Å². The summed E-state index contributed by atoms with van der Waals surface area (Å²) in [6.45, 7) is 4.87. The Hall–Kier alpha value is -11.6. The first kappa shape index (κ1) is 82.9. The predicted molar refractivity (Wildman–Crippen MR) is 361 cm³/mol. The summed E-state index contributed by atoms with van der Waals surface area (Å²) in [6, 6.07) is 2.18. The number of carbonyl (C=O) groups is 15. The lowest BCUT2D eigenvalue weighted by molar-refractivity contribution is -0.142. The fourth-order valence-corrected chi connectivity index (χ4v) is 9.93. The molecule has 0 unspecified atom stereocenters. The maximum absolute atomic E-state index is 14.5. The van der Waals surface area contributed by atoms with E-state index in [2.05, 4.69) is 68.5 Å². The van der Waals surface area contributed by atoms with Gasteiger partial charge in [0.15, 0.2) is 0 Å². The highest BCUT2D eigenvalue weighted by atomic mass is 16.4. The van der Waals surface area contributed by atoms with Gasteiger partial charge in [0.25, 0.3) is 0 Å². The molecule has 1 heterocycles. The minimum atomic E-state index is -1.93. The van der Waals surface area contributed by atoms with Gasteiger partial charge in [-0.1, -0.05) is 74.9 Å². The average Bonchev–Trinajstić information content (AvgIpc) is 1.03. The molecule has 12 atom stereocenters. The van der Waals surface area contributed by atoms with Crippen LogP contribution in [0, 0.1) is 5.92 Å². The van der Waals surface area contributed by atoms with E-state index in [4.69, 9.17) is 22.3 Å². The second-order valence-electron chi connectivity index (χ2n) is 24.2. The number of carboxylic acid groups (broad SMARTS) is 3. The van der Waals surface area contributed by atoms with Gasteiger partial charge in [0, 0.05) is 44.0 Å². The van der Waals surface area contributed by atoms with E-state index in [1.165, 1.54) is 68.0 Å². The first-order valence-corrected chi connectivity index (χ1v) is 32.5. The third kappa shape index (κ3) is 29.1. The Morgan fingerprint density at radius 2 is 0.931 bits per heavy atom. The summed E-state index contributed by atoms with van der Waals surface area (Å²) in [5, 5.41) is 75.5. The zero-order valence-electron chi connectivity index (χ0n) is 56.5. The minimum absolute atomic E-state index is 0.132. The summed E-state index contributed by atoms with van der Waals surface area (Å²) in [5.41, 5.74) is 18.6. The number of rotatable bonds is 44. The molecule has 0 aliphatic carbocycles. The van der Waals surface area contributed by atoms with Gasteiger partial charge >= 0.3 is 17.9 Å². The summed E-state index contributed by atoms with van der Waals surface area (Å²) >= 11 is 0. The van der Waals surface area contributed by atoms with Crippen molar-refractivity contribution in [3.63, 3.8) is 0 Å². The van der Waals surface area contributed by atoms with Crippen molar-refractivity contribution in [2.24, 2.45) is 23.1 Å². The Morgan fingerprint density at radius 3 is 1.39 bits per heavy atom. The van der Waals surface area contributed by atoms with Crippen LogP contribution in [0.25, 0.3) is 0 Å². The molecule has 1 aromatic heterocycles. The fraction of sp³-hybridized carbons (Fsp3) is 0.455. The topological polar surface area (TPSA) is 596 Å². The van der Waals surface area contributed by atoms with Crippen LogP contribution in [0.15, 0.2) is 91.4 Å². The third-order valence-corrected chi connectivity index (χ3v) is 15.9. The molecule has 0 bridgehead atoms. The summed E-state index contributed by atoms with van der Waals surface area (Å²) in [6.07, 6.45) is -0.366. The van der Waals surface area contributed by atoms with E-state index in [-0.39, 0.29) is 69.4 Å². The number of H-pyrrole nitrogens is 1. The summed E-state index contributed by atoms with van der Waals surface area (Å²) in [5.74, 6) is -17.5. The van der Waals surface area contributed by atoms with Gasteiger partial charge in [-0.15, -0.1) is 0 Å². The number of aromatic nitrogens is 2. The van der Waals surface area contributed by atoms with E-state index in [0.29, 0.717) is 28.8 Å². The van der Waals surface area contributed by atoms with Gasteiger partial charge in [-0.25, -0.2) is 9.78 Å². The monoisotopic (exact) mass is 1430 g/mol. The van der Waals surface area contributed by atoms with Crippen molar-refractivity contribution in [3.8, 4) is 11.5 Å². The normalized spacial score (nSPS) is 14.5. The van der Waals surface area contributed by atoms with Gasteiger partial charge in [0.2, 0.25) is 70.9 Å². The van der Waals surface area contributed by atoms with Crippen LogP contribution in [0.3, 0.4) is 0 Å². The van der Waals surface area contributed by atoms with Crippen LogP contribution < -0.4 is 75.7 Å². The van der Waals surface area contributed by atoms with Crippen molar-refractivity contribution in [3.05, 3.63) is 114 Å². The largest absolute Gasteiger partial charge is 0.508 e. The maximum atomic E-state index is 14.5. The summed E-state index contributed by atoms with van der Waals surface area (Å²) in [4.78, 5) is 207. The number of hydrogen-bond donors (Lipinski definition) is 20. The highest BCUT2D eigenvalue weighted by Crippen LogP contribution is 2.17. The van der Waals surface area contributed by atoms with Crippen molar-refractivity contribution < 1.29 is 97.5 Å². The molecular formula is C66H90N16O20. The number of unbranched alkanes of at least 4 members (excludes halogenated alkanes) is 1. The summed E-state index contributed by atoms with van der Waals surface area (Å²) in [7, 11) is 0. The number of nitrogens with one attached hydrogen (secondary N) is 12. The molecule has 0 saturated heterocycles. The highest BCUT2D eigenvalue weighted by Gasteiger charge is 2.37. The Labute approximate surface area is 585 Å². The molecule has 36 heteroatoms. The van der Waals surface area contributed by atoms with Gasteiger partial charge in [0.1, 0.15) is 71.9 Å². The Morgan fingerprint density at radius 1 is 0.480 bits per heavy atom. The number of amides is 12. The molecule has 36 nitrogen and oxygen atoms in total. The molecule has 4 aromatic rings. The van der Waals surface area contributed by atoms with Crippen molar-refractivity contribution >= 4 is 88.8 Å². The van der Waals surface area contributed by atoms with E-state index in [9.17, 15) is 92.3 Å². The van der Waals surface area contributed by atoms with Crippen molar-refractivity contribution in [1.29, 1.82) is 0 Å². The second-order valence-corrected chi connectivity index (χ2v) is 24.2. The number of aromatic hydroxyl groups is 2. The van der Waals surface area contributed by atoms with Crippen LogP contribution in [0.5, 0.6) is 11.5 Å². The predicted octanol–water partition coefficient (Wildman–Crippen LogP) is -4.10. The van der Waals surface area contributed by atoms with Gasteiger partial charge in [-0.2, -0.15) is 0 Å². The fourth-order valence-electron chi connectivity index (χ4n) is 9.93. The Bertz CT molecular complexity index is 3550. The second kappa shape index (κ2) is 41.8. The van der Waals surface area contributed by atoms with Gasteiger partial charge < -0.3 is 106 Å². The molecule has 0 fully saturated rings. The van der Waals surface area contributed by atoms with Gasteiger partial charge in [-0.05, 0) is 92.9 Å². The lowest BCUT2D eigenvalue weighted by atomic mass is 9.97. The first-order valence-electron chi connectivity index (χ1n) is 32.5. The maximum Gasteiger partial charge on any atom is 0.326 e. The number of carboxylic acids is 3. The molecule has 0 radical (unpaired) electrons. The standard InChI is InChI=1S/C66H90N16O20/c1-5-34(2)55(82-64(99)47(27-39-16-20-42(84)21-17-39)80-62(97)48(29-51(69)85)76-57(92)36(4)74-58(93)43(68)22-23-53(87)88)65(100)71-32-52(86)73-35(3)56(91)77-49(30-54(89)90)63(98)75-44(13-9-10-24-67)59(94)78-46(26-38-14-18-41(83)19-15-38)60(95)79-45(25-37-11-7-6-8-12-37)61(96)81-50(66(101)102)28-40-31-70-33-72-40/h6-8,11-12,14-21,31,33-36,43-50,55,83-84H,5,9-10,13,22-30,32,67-68H2,1-4H3,(H2,69,85)(H,70,72)(H,71,100)(H,73,86)(H,74,93)(H,75,98)(H,76,92)(H,77,91)(H,78,94)(H,79,95)(H,80,97)(H,81,96)(H,82,99)(H,87,88)(H,89,90)(H,101,102)/t34-,35-,36-,43-,44-,45-,46-,47-,48-,49-,50-,55-/m0/s1. The number of aliphatic carboxylic acids is 3. The number of primary amides is 1. The molecule has 23 N–H and O–H groups in total. The number of aromatic amines is 1. The quantitative estimate of drug-likeness (QED) is 0.0187. The number of phenols is 2. The Kier molecular flexibility index (Phi) is 33.9. The molecule has 102 heavy (non-hydrogen) atoms. The van der Waals surface area contributed by atoms with Crippen LogP contribution in [0.2, 0.25) is 0 Å². The van der Waals surface area contributed by atoms with E-state index in [1.807, 2.05) is 0 Å². The molecule has 4 rings (SSSR count). The number of carbonyl (C=O) groups excluding carboxylic acids is 12. The van der Waals surface area contributed by atoms with Crippen LogP contribution in [-0.4, -0.2) is 204 Å². The zero-order chi connectivity index (χ0) is 75.8. The molecule has 554 valence electrons. The van der Waals surface area contributed by atoms with Crippen molar-refractivity contribution in [1.82, 2.24) is 68.5 Å². The van der Waals surface area contributed by atoms with Crippen LogP contribution >= 0.6 is 0 Å². The van der Waals surface area contributed by atoms with Crippen molar-refractivity contribution in [2.75, 3.05) is 13.1 Å². The van der Waals surface area contributed by atoms with Crippen LogP contribution in [0.1, 0.15) is 101 Å². The minimum Gasteiger partial charge on any atom is -0.508 e. The molecule has 0 aliphatic rings. The van der Waals surface area contributed by atoms with E-state index < -0.39 is 187 Å². The van der Waals surface area contributed by atoms with Crippen LogP contribution in [0.4, 0.5) is 0 Å². The van der Waals surface area contributed by atoms with Crippen LogP contribution in [-0.2, 0) is 97.6 Å². The SMILES string of the molecule is CC[C@H](C)[C@H](NC(=O)[C@H](Cc1ccc(O)cc1)NC(=O)[C@H](CC(N)=O)NC(=O)[C@H](C)NC(=O)[C@@H](N)CCC(=O)O)C(=O)NCC(=O)N[C@@H](C)C(=O)N[C@@H](CC(=O)O)C(=O)N[C@@H](CCCCN)C(=O)N[C@@H](Cc1ccc(O)cc1)C(=O)N[C@@H](Cc1ccccc1)C(=O)N[C@@H](Cc1cnc[nH]1)C(=O)O. The highest BCUT2D eigenvalue weighted by molar-refractivity contribution is 6.00. The number of benzene rings is 3. The van der Waals surface area contributed by atoms with Gasteiger partial charge in [-0.3, -0.25) is 67.1 Å². The molecule has 3 aromatic carbocycles. The Balaban J connectivity index is 1.50. The smallest absolute Gasteiger partial charge is 0.326 e. The van der Waals surface area contributed by atoms with E-state index >= 15 is 0 Å². The number of imidazole rings is 1. The molecule has 0 spiro atoms. The lowest BCUT2D eigenvalue weighted by Gasteiger charge is -2.28. The molecule has 0 saturated carbocycles. The number of phenolic OH excluding ortho intramolecular Hbond substituents is 2. The zero-order valence-corrected chi connectivity index (χ0v) is 56.5. The van der Waals surface area contributed by atoms with E-state index in [0.717, 1.165) is 6.92 Å². The third-order valence-electron chi connectivity index (χ3n) is 15.9. The number of nitrogens with zero attached hydrogens (tertiary/aromatic N) is 1. The number of nitrogens with two attached hydrogens (primary N) is 3. The average molecular weight is 1430 g/mol.